The summed E-state index contributed by atoms with van der Waals surface area (Å²) in [6.45, 7) is 1.15. The highest BCUT2D eigenvalue weighted by Gasteiger charge is 2.25. The van der Waals surface area contributed by atoms with E-state index in [4.69, 9.17) is 17.3 Å². The van der Waals surface area contributed by atoms with Gasteiger partial charge >= 0.3 is 0 Å². The lowest BCUT2D eigenvalue weighted by Crippen LogP contribution is -2.43. The Morgan fingerprint density at radius 2 is 2.05 bits per heavy atom. The summed E-state index contributed by atoms with van der Waals surface area (Å²) in [7, 11) is 0. The Labute approximate surface area is 127 Å². The molecule has 0 unspecified atom stereocenters. The van der Waals surface area contributed by atoms with Crippen LogP contribution in [-0.4, -0.2) is 36.3 Å². The maximum absolute atomic E-state index is 13.0. The fraction of sp³-hybridized carbons (Fsp3) is 0.429. The van der Waals surface area contributed by atoms with Crippen molar-refractivity contribution in [1.82, 2.24) is 4.90 Å². The molecule has 2 rings (SSSR count). The normalized spacial score (nSPS) is 15.8. The van der Waals surface area contributed by atoms with Crippen molar-refractivity contribution in [3.05, 3.63) is 29.0 Å². The molecule has 5 nitrogen and oxygen atoms in total. The molecular formula is C14H17ClFN3O2. The van der Waals surface area contributed by atoms with E-state index in [9.17, 15) is 14.0 Å². The summed E-state index contributed by atoms with van der Waals surface area (Å²) in [5, 5.41) is 2.92. The van der Waals surface area contributed by atoms with Crippen molar-refractivity contribution < 1.29 is 14.0 Å². The Balaban J connectivity index is 1.82. The first kappa shape index (κ1) is 15.6. The van der Waals surface area contributed by atoms with Crippen molar-refractivity contribution in [3.63, 3.8) is 0 Å². The second-order valence-corrected chi connectivity index (χ2v) is 5.45. The highest BCUT2D eigenvalue weighted by molar-refractivity contribution is 6.31. The molecule has 1 fully saturated rings. The highest BCUT2D eigenvalue weighted by atomic mass is 35.5. The lowest BCUT2D eigenvalue weighted by molar-refractivity contribution is -0.133. The van der Waals surface area contributed by atoms with Gasteiger partial charge in [0.25, 0.3) is 0 Å². The smallest absolute Gasteiger partial charge is 0.241 e. The zero-order chi connectivity index (χ0) is 15.4. The predicted octanol–water partition coefficient (Wildman–Crippen LogP) is 1.61. The molecule has 1 aromatic rings. The number of benzene rings is 1. The number of halogens is 2. The van der Waals surface area contributed by atoms with E-state index < -0.39 is 5.82 Å². The molecule has 0 aromatic heterocycles. The van der Waals surface area contributed by atoms with Gasteiger partial charge in [0.1, 0.15) is 5.82 Å². The van der Waals surface area contributed by atoms with Gasteiger partial charge in [0, 0.05) is 24.7 Å². The van der Waals surface area contributed by atoms with E-state index >= 15 is 0 Å². The largest absolute Gasteiger partial charge is 0.376 e. The zero-order valence-electron chi connectivity index (χ0n) is 11.4. The lowest BCUT2D eigenvalue weighted by Gasteiger charge is -2.30. The Morgan fingerprint density at radius 3 is 2.62 bits per heavy atom. The lowest BCUT2D eigenvalue weighted by atomic mass is 9.96. The number of carbonyl (C=O) groups is 2. The number of hydrogen-bond acceptors (Lipinski definition) is 3. The molecule has 0 radical (unpaired) electrons. The molecular weight excluding hydrogens is 297 g/mol. The number of piperidine rings is 1. The first-order valence-corrected chi connectivity index (χ1v) is 7.11. The molecule has 0 spiro atoms. The van der Waals surface area contributed by atoms with Crippen LogP contribution >= 0.6 is 11.6 Å². The number of primary amides is 1. The third-order valence-electron chi connectivity index (χ3n) is 3.61. The van der Waals surface area contributed by atoms with Crippen LogP contribution in [0.25, 0.3) is 0 Å². The van der Waals surface area contributed by atoms with E-state index in [-0.39, 0.29) is 29.3 Å². The van der Waals surface area contributed by atoms with Gasteiger partial charge in [0.2, 0.25) is 11.8 Å². The van der Waals surface area contributed by atoms with Crippen molar-refractivity contribution in [3.8, 4) is 0 Å². The first-order chi connectivity index (χ1) is 9.97. The number of likely N-dealkylation sites (tertiary alicyclic amines) is 1. The van der Waals surface area contributed by atoms with Crippen LogP contribution in [0.1, 0.15) is 12.8 Å². The number of rotatable bonds is 4. The van der Waals surface area contributed by atoms with Crippen molar-refractivity contribution >= 4 is 29.1 Å². The summed E-state index contributed by atoms with van der Waals surface area (Å²) < 4.78 is 13.0. The minimum absolute atomic E-state index is 0.00900. The minimum atomic E-state index is -0.498. The second-order valence-electron chi connectivity index (χ2n) is 5.04. The van der Waals surface area contributed by atoms with Crippen LogP contribution in [0, 0.1) is 11.7 Å². The van der Waals surface area contributed by atoms with Crippen LogP contribution < -0.4 is 11.1 Å². The fourth-order valence-electron chi connectivity index (χ4n) is 2.31. The van der Waals surface area contributed by atoms with E-state index in [0.29, 0.717) is 31.6 Å². The molecule has 1 saturated heterocycles. The predicted molar refractivity (Wildman–Crippen MR) is 78.4 cm³/mol. The van der Waals surface area contributed by atoms with Crippen molar-refractivity contribution in [1.29, 1.82) is 0 Å². The van der Waals surface area contributed by atoms with Crippen LogP contribution in [0.2, 0.25) is 5.02 Å². The maximum atomic E-state index is 13.0. The summed E-state index contributed by atoms with van der Waals surface area (Å²) in [5.74, 6) is -1.01. The molecule has 0 aliphatic carbocycles. The van der Waals surface area contributed by atoms with E-state index in [2.05, 4.69) is 5.32 Å². The van der Waals surface area contributed by atoms with Crippen LogP contribution in [0.5, 0.6) is 0 Å². The Hall–Kier alpha value is -1.82. The minimum Gasteiger partial charge on any atom is -0.376 e. The van der Waals surface area contributed by atoms with Crippen molar-refractivity contribution in [2.45, 2.75) is 12.8 Å². The summed E-state index contributed by atoms with van der Waals surface area (Å²) in [4.78, 5) is 24.8. The van der Waals surface area contributed by atoms with Crippen molar-refractivity contribution in [2.75, 3.05) is 25.0 Å². The van der Waals surface area contributed by atoms with Gasteiger partial charge in [0.05, 0.1) is 11.6 Å². The summed E-state index contributed by atoms with van der Waals surface area (Å²) in [5.41, 5.74) is 5.84. The third kappa shape index (κ3) is 4.07. The molecule has 0 saturated carbocycles. The molecule has 7 heteroatoms. The van der Waals surface area contributed by atoms with E-state index in [1.54, 1.807) is 4.90 Å². The maximum Gasteiger partial charge on any atom is 0.241 e. The number of hydrogen-bond donors (Lipinski definition) is 2. The highest BCUT2D eigenvalue weighted by Crippen LogP contribution is 2.20. The van der Waals surface area contributed by atoms with E-state index in [0.717, 1.165) is 0 Å². The fourth-order valence-corrected chi connectivity index (χ4v) is 2.49. The summed E-state index contributed by atoms with van der Waals surface area (Å²) in [6.07, 6.45) is 1.20. The molecule has 114 valence electrons. The molecule has 1 aromatic carbocycles. The monoisotopic (exact) mass is 313 g/mol. The summed E-state index contributed by atoms with van der Waals surface area (Å²) >= 11 is 5.67. The van der Waals surface area contributed by atoms with Crippen LogP contribution in [-0.2, 0) is 9.59 Å². The number of nitrogens with zero attached hydrogens (tertiary/aromatic N) is 1. The average molecular weight is 314 g/mol. The number of anilines is 1. The molecule has 0 atom stereocenters. The van der Waals surface area contributed by atoms with Gasteiger partial charge in [0.15, 0.2) is 0 Å². The number of nitrogens with two attached hydrogens (primary N) is 1. The molecule has 2 amide bonds. The van der Waals surface area contributed by atoms with Crippen LogP contribution in [0.4, 0.5) is 10.1 Å². The number of carbonyl (C=O) groups excluding carboxylic acids is 2. The number of nitrogens with one attached hydrogen (secondary N) is 1. The Morgan fingerprint density at radius 1 is 1.38 bits per heavy atom. The third-order valence-corrected chi connectivity index (χ3v) is 3.90. The molecule has 1 heterocycles. The van der Waals surface area contributed by atoms with Crippen molar-refractivity contribution in [2.24, 2.45) is 11.7 Å². The molecule has 21 heavy (non-hydrogen) atoms. The SMILES string of the molecule is NC(=O)C1CCN(C(=O)CNc2ccc(F)c(Cl)c2)CC1. The van der Waals surface area contributed by atoms with Gasteiger partial charge in [-0.3, -0.25) is 9.59 Å². The quantitative estimate of drug-likeness (QED) is 0.887. The Kier molecular flexibility index (Phi) is 5.01. The van der Waals surface area contributed by atoms with Crippen LogP contribution in [0.3, 0.4) is 0 Å². The second kappa shape index (κ2) is 6.76. The van der Waals surface area contributed by atoms with Gasteiger partial charge in [-0.1, -0.05) is 11.6 Å². The van der Waals surface area contributed by atoms with E-state index in [1.165, 1.54) is 18.2 Å². The Bertz CT molecular complexity index is 545. The van der Waals surface area contributed by atoms with Gasteiger partial charge < -0.3 is 16.0 Å². The molecule has 1 aliphatic rings. The standard InChI is InChI=1S/C14H17ClFN3O2/c15-11-7-10(1-2-12(11)16)18-8-13(20)19-5-3-9(4-6-19)14(17)21/h1-2,7,9,18H,3-6,8H2,(H2,17,21). The molecule has 1 aliphatic heterocycles. The number of amides is 2. The topological polar surface area (TPSA) is 75.4 Å². The van der Waals surface area contributed by atoms with Gasteiger partial charge in [-0.2, -0.15) is 0 Å². The first-order valence-electron chi connectivity index (χ1n) is 6.73. The van der Waals surface area contributed by atoms with Gasteiger partial charge in [-0.05, 0) is 31.0 Å². The van der Waals surface area contributed by atoms with Gasteiger partial charge in [-0.15, -0.1) is 0 Å². The molecule has 0 bridgehead atoms. The van der Waals surface area contributed by atoms with Crippen LogP contribution in [0.15, 0.2) is 18.2 Å². The summed E-state index contributed by atoms with van der Waals surface area (Å²) in [6, 6.07) is 4.20. The molecule has 3 N–H and O–H groups in total. The van der Waals surface area contributed by atoms with Gasteiger partial charge in [-0.25, -0.2) is 4.39 Å². The average Bonchev–Trinajstić information content (AvgIpc) is 2.48. The zero-order valence-corrected chi connectivity index (χ0v) is 12.2. The van der Waals surface area contributed by atoms with E-state index in [1.807, 2.05) is 0 Å².